The van der Waals surface area contributed by atoms with Crippen LogP contribution in [0.3, 0.4) is 0 Å². The molecule has 23 heavy (non-hydrogen) atoms. The first-order valence-electron chi connectivity index (χ1n) is 7.16. The van der Waals surface area contributed by atoms with E-state index in [0.717, 1.165) is 11.0 Å². The van der Waals surface area contributed by atoms with Crippen molar-refractivity contribution in [2.45, 2.75) is 6.54 Å². The second-order valence-corrected chi connectivity index (χ2v) is 5.33. The summed E-state index contributed by atoms with van der Waals surface area (Å²) in [7, 11) is 0. The van der Waals surface area contributed by atoms with Gasteiger partial charge in [-0.25, -0.2) is 4.68 Å². The summed E-state index contributed by atoms with van der Waals surface area (Å²) in [6, 6.07) is 14.6. The molecule has 0 aliphatic rings. The van der Waals surface area contributed by atoms with Crippen molar-refractivity contribution in [2.24, 2.45) is 0 Å². The van der Waals surface area contributed by atoms with Gasteiger partial charge in [0.25, 0.3) is 0 Å². The minimum Gasteiger partial charge on any atom is -0.492 e. The van der Waals surface area contributed by atoms with Crippen LogP contribution in [-0.2, 0) is 11.3 Å². The molecule has 0 bridgehead atoms. The number of amides is 1. The molecule has 0 radical (unpaired) electrons. The molecule has 0 aliphatic heterocycles. The van der Waals surface area contributed by atoms with Gasteiger partial charge in [-0.2, -0.15) is 0 Å². The summed E-state index contributed by atoms with van der Waals surface area (Å²) in [6.45, 7) is 0.889. The average molecular weight is 331 g/mol. The van der Waals surface area contributed by atoms with Crippen molar-refractivity contribution in [3.05, 3.63) is 53.6 Å². The van der Waals surface area contributed by atoms with Crippen LogP contribution in [0.15, 0.2) is 48.5 Å². The molecule has 7 heteroatoms. The van der Waals surface area contributed by atoms with Gasteiger partial charge in [0.05, 0.1) is 12.1 Å². The van der Waals surface area contributed by atoms with Gasteiger partial charge in [0.1, 0.15) is 24.4 Å². The van der Waals surface area contributed by atoms with E-state index in [2.05, 4.69) is 15.6 Å². The highest BCUT2D eigenvalue weighted by Gasteiger charge is 2.07. The lowest BCUT2D eigenvalue weighted by molar-refractivity contribution is -0.121. The van der Waals surface area contributed by atoms with Crippen molar-refractivity contribution in [1.82, 2.24) is 20.3 Å². The second-order valence-electron chi connectivity index (χ2n) is 4.89. The van der Waals surface area contributed by atoms with Crippen LogP contribution in [-0.4, -0.2) is 34.1 Å². The van der Waals surface area contributed by atoms with Gasteiger partial charge in [-0.1, -0.05) is 35.0 Å². The van der Waals surface area contributed by atoms with Gasteiger partial charge in [0, 0.05) is 5.02 Å². The number of fused-ring (bicyclic) bond motifs is 1. The van der Waals surface area contributed by atoms with Gasteiger partial charge < -0.3 is 10.1 Å². The zero-order valence-electron chi connectivity index (χ0n) is 12.3. The Morgan fingerprint density at radius 2 is 2.09 bits per heavy atom. The summed E-state index contributed by atoms with van der Waals surface area (Å²) < 4.78 is 7.08. The topological polar surface area (TPSA) is 69.0 Å². The highest BCUT2D eigenvalue weighted by atomic mass is 35.5. The first kappa shape index (κ1) is 15.3. The van der Waals surface area contributed by atoms with Crippen LogP contribution >= 0.6 is 11.6 Å². The molecule has 3 aromatic rings. The van der Waals surface area contributed by atoms with Crippen molar-refractivity contribution in [3.8, 4) is 5.75 Å². The van der Waals surface area contributed by atoms with Gasteiger partial charge in [0.15, 0.2) is 0 Å². The van der Waals surface area contributed by atoms with Gasteiger partial charge in [-0.3, -0.25) is 4.79 Å². The number of carbonyl (C=O) groups is 1. The van der Waals surface area contributed by atoms with Crippen LogP contribution in [0.2, 0.25) is 5.02 Å². The van der Waals surface area contributed by atoms with E-state index in [1.54, 1.807) is 16.8 Å². The quantitative estimate of drug-likeness (QED) is 0.704. The number of hydrogen-bond acceptors (Lipinski definition) is 4. The van der Waals surface area contributed by atoms with Crippen molar-refractivity contribution in [3.63, 3.8) is 0 Å². The standard InChI is InChI=1S/C16H15ClN4O2/c17-12-4-3-5-13(10-12)23-9-8-18-16(22)11-21-15-7-2-1-6-14(15)19-20-21/h1-7,10H,8-9,11H2,(H,18,22). The van der Waals surface area contributed by atoms with Crippen molar-refractivity contribution in [2.75, 3.05) is 13.2 Å². The van der Waals surface area contributed by atoms with E-state index in [1.165, 1.54) is 0 Å². The van der Waals surface area contributed by atoms with Gasteiger partial charge in [0.2, 0.25) is 5.91 Å². The number of nitrogens with zero attached hydrogens (tertiary/aromatic N) is 3. The Hall–Kier alpha value is -2.60. The molecular weight excluding hydrogens is 316 g/mol. The molecular formula is C16H15ClN4O2. The van der Waals surface area contributed by atoms with E-state index in [0.29, 0.717) is 23.9 Å². The molecule has 0 saturated heterocycles. The first-order chi connectivity index (χ1) is 11.2. The minimum atomic E-state index is -0.143. The molecule has 0 unspecified atom stereocenters. The zero-order chi connectivity index (χ0) is 16.1. The third-order valence-electron chi connectivity index (χ3n) is 3.20. The molecule has 0 spiro atoms. The normalized spacial score (nSPS) is 10.7. The fourth-order valence-corrected chi connectivity index (χ4v) is 2.32. The smallest absolute Gasteiger partial charge is 0.241 e. The number of hydrogen-bond donors (Lipinski definition) is 1. The maximum Gasteiger partial charge on any atom is 0.241 e. The lowest BCUT2D eigenvalue weighted by Gasteiger charge is -2.08. The maximum absolute atomic E-state index is 11.9. The lowest BCUT2D eigenvalue weighted by Crippen LogP contribution is -2.31. The third-order valence-corrected chi connectivity index (χ3v) is 3.44. The highest BCUT2D eigenvalue weighted by Crippen LogP contribution is 2.16. The maximum atomic E-state index is 11.9. The number of benzene rings is 2. The summed E-state index contributed by atoms with van der Waals surface area (Å²) in [5.74, 6) is 0.532. The predicted molar refractivity (Wildman–Crippen MR) is 87.5 cm³/mol. The fourth-order valence-electron chi connectivity index (χ4n) is 2.14. The molecule has 0 fully saturated rings. The molecule has 0 atom stereocenters. The lowest BCUT2D eigenvalue weighted by atomic mass is 10.3. The molecule has 1 heterocycles. The van der Waals surface area contributed by atoms with Gasteiger partial charge in [-0.15, -0.1) is 5.10 Å². The summed E-state index contributed by atoms with van der Waals surface area (Å²) in [4.78, 5) is 11.9. The summed E-state index contributed by atoms with van der Waals surface area (Å²) >= 11 is 5.87. The van der Waals surface area contributed by atoms with Crippen LogP contribution in [0.25, 0.3) is 11.0 Å². The highest BCUT2D eigenvalue weighted by molar-refractivity contribution is 6.30. The Morgan fingerprint density at radius 3 is 2.96 bits per heavy atom. The van der Waals surface area contributed by atoms with E-state index >= 15 is 0 Å². The molecule has 1 aromatic heterocycles. The van der Waals surface area contributed by atoms with E-state index in [-0.39, 0.29) is 12.5 Å². The Bertz CT molecular complexity index is 818. The minimum absolute atomic E-state index is 0.123. The summed E-state index contributed by atoms with van der Waals surface area (Å²) in [5, 5.41) is 11.4. The number of aromatic nitrogens is 3. The molecule has 118 valence electrons. The number of carbonyl (C=O) groups excluding carboxylic acids is 1. The Balaban J connectivity index is 1.46. The summed E-state index contributed by atoms with van der Waals surface area (Å²) in [5.41, 5.74) is 1.60. The number of halogens is 1. The average Bonchev–Trinajstić information content (AvgIpc) is 2.95. The van der Waals surface area contributed by atoms with Crippen molar-refractivity contribution >= 4 is 28.5 Å². The molecule has 1 N–H and O–H groups in total. The zero-order valence-corrected chi connectivity index (χ0v) is 13.0. The monoisotopic (exact) mass is 330 g/mol. The van der Waals surface area contributed by atoms with E-state index in [4.69, 9.17) is 16.3 Å². The molecule has 2 aromatic carbocycles. The van der Waals surface area contributed by atoms with Crippen LogP contribution in [0.4, 0.5) is 0 Å². The van der Waals surface area contributed by atoms with Gasteiger partial charge in [-0.05, 0) is 30.3 Å². The first-order valence-corrected chi connectivity index (χ1v) is 7.53. The largest absolute Gasteiger partial charge is 0.492 e. The van der Waals surface area contributed by atoms with Crippen molar-refractivity contribution < 1.29 is 9.53 Å². The third kappa shape index (κ3) is 3.98. The van der Waals surface area contributed by atoms with E-state index in [9.17, 15) is 4.79 Å². The Kier molecular flexibility index (Phi) is 4.73. The van der Waals surface area contributed by atoms with Crippen molar-refractivity contribution in [1.29, 1.82) is 0 Å². The van der Waals surface area contributed by atoms with Crippen LogP contribution < -0.4 is 10.1 Å². The SMILES string of the molecule is O=C(Cn1nnc2ccccc21)NCCOc1cccc(Cl)c1. The number of ether oxygens (including phenoxy) is 1. The Morgan fingerprint density at radius 1 is 1.22 bits per heavy atom. The van der Waals surface area contributed by atoms with Crippen LogP contribution in [0.5, 0.6) is 5.75 Å². The molecule has 0 aliphatic carbocycles. The molecule has 0 saturated carbocycles. The van der Waals surface area contributed by atoms with Gasteiger partial charge >= 0.3 is 0 Å². The number of nitrogens with one attached hydrogen (secondary N) is 1. The number of para-hydroxylation sites is 1. The summed E-state index contributed by atoms with van der Waals surface area (Å²) in [6.07, 6.45) is 0. The van der Waals surface area contributed by atoms with E-state index < -0.39 is 0 Å². The Labute approximate surface area is 138 Å². The van der Waals surface area contributed by atoms with Crippen LogP contribution in [0, 0.1) is 0 Å². The predicted octanol–water partition coefficient (Wildman–Crippen LogP) is 2.28. The van der Waals surface area contributed by atoms with Crippen LogP contribution in [0.1, 0.15) is 0 Å². The molecule has 3 rings (SSSR count). The fraction of sp³-hybridized carbons (Fsp3) is 0.188. The molecule has 1 amide bonds. The number of rotatable bonds is 6. The second kappa shape index (κ2) is 7.11. The van der Waals surface area contributed by atoms with E-state index in [1.807, 2.05) is 36.4 Å². The molecule has 6 nitrogen and oxygen atoms in total.